The molecule has 0 amide bonds. The molecular weight excluding hydrogens is 180 g/mol. The molecule has 0 spiro atoms. The van der Waals surface area contributed by atoms with E-state index in [4.69, 9.17) is 10.2 Å². The lowest BCUT2D eigenvalue weighted by molar-refractivity contribution is 0.154. The molecule has 3 N–H and O–H groups in total. The highest BCUT2D eigenvalue weighted by Crippen LogP contribution is 2.25. The molecule has 0 radical (unpaired) electrons. The maximum Gasteiger partial charge on any atom is 0.226 e. The molecule has 14 heavy (non-hydrogen) atoms. The smallest absolute Gasteiger partial charge is 0.226 e. The van der Waals surface area contributed by atoms with Crippen molar-refractivity contribution in [2.45, 2.75) is 19.1 Å². The monoisotopic (exact) mass is 192 g/mol. The molecule has 0 saturated heterocycles. The van der Waals surface area contributed by atoms with Gasteiger partial charge in [-0.1, -0.05) is 0 Å². The zero-order chi connectivity index (χ0) is 10.1. The van der Waals surface area contributed by atoms with E-state index in [0.717, 1.165) is 5.39 Å². The summed E-state index contributed by atoms with van der Waals surface area (Å²) in [6, 6.07) is 3.33. The number of hydrogen-bond donors (Lipinski definition) is 2. The lowest BCUT2D eigenvalue weighted by Crippen LogP contribution is -2.24. The highest BCUT2D eigenvalue weighted by molar-refractivity contribution is 5.77. The molecule has 0 saturated carbocycles. The summed E-state index contributed by atoms with van der Waals surface area (Å²) in [6.45, 7) is 1.75. The Labute approximate surface area is 81.4 Å². The van der Waals surface area contributed by atoms with Crippen LogP contribution in [0, 0.1) is 0 Å². The minimum Gasteiger partial charge on any atom is -0.446 e. The van der Waals surface area contributed by atoms with Gasteiger partial charge in [0.25, 0.3) is 0 Å². The zero-order valence-electron chi connectivity index (χ0n) is 7.84. The van der Waals surface area contributed by atoms with Gasteiger partial charge in [0.1, 0.15) is 0 Å². The van der Waals surface area contributed by atoms with Crippen LogP contribution in [0.1, 0.15) is 18.6 Å². The van der Waals surface area contributed by atoms with Crippen molar-refractivity contribution in [1.82, 2.24) is 4.98 Å². The van der Waals surface area contributed by atoms with Crippen molar-refractivity contribution < 1.29 is 9.52 Å². The van der Waals surface area contributed by atoms with Crippen LogP contribution < -0.4 is 5.73 Å². The van der Waals surface area contributed by atoms with Gasteiger partial charge in [0, 0.05) is 23.2 Å². The quantitative estimate of drug-likeness (QED) is 0.750. The average Bonchev–Trinajstić information content (AvgIpc) is 2.60. The van der Waals surface area contributed by atoms with Crippen LogP contribution >= 0.6 is 0 Å². The van der Waals surface area contributed by atoms with Crippen molar-refractivity contribution in [3.63, 3.8) is 0 Å². The van der Waals surface area contributed by atoms with E-state index in [2.05, 4.69) is 4.98 Å². The van der Waals surface area contributed by atoms with Gasteiger partial charge in [-0.3, -0.25) is 0 Å². The maximum atomic E-state index is 9.77. The predicted octanol–water partition coefficient (Wildman–Crippen LogP) is 1.21. The van der Waals surface area contributed by atoms with Crippen molar-refractivity contribution in [3.05, 3.63) is 30.2 Å². The Morgan fingerprint density at radius 1 is 1.57 bits per heavy atom. The summed E-state index contributed by atoms with van der Waals surface area (Å²) >= 11 is 0. The van der Waals surface area contributed by atoms with Crippen molar-refractivity contribution >= 4 is 11.1 Å². The molecule has 2 rings (SSSR count). The number of furan rings is 1. The highest BCUT2D eigenvalue weighted by Gasteiger charge is 2.17. The Morgan fingerprint density at radius 2 is 2.36 bits per heavy atom. The molecule has 0 aliphatic carbocycles. The summed E-state index contributed by atoms with van der Waals surface area (Å²) < 4.78 is 5.19. The Balaban J connectivity index is 2.53. The van der Waals surface area contributed by atoms with Gasteiger partial charge in [-0.15, -0.1) is 0 Å². The fourth-order valence-corrected chi connectivity index (χ4v) is 1.40. The summed E-state index contributed by atoms with van der Waals surface area (Å²) in [5, 5.41) is 10.6. The number of aliphatic hydroxyl groups is 1. The van der Waals surface area contributed by atoms with Crippen molar-refractivity contribution in [2.75, 3.05) is 0 Å². The number of aliphatic hydroxyl groups excluding tert-OH is 1. The number of rotatable bonds is 2. The molecule has 2 unspecified atom stereocenters. The van der Waals surface area contributed by atoms with Crippen molar-refractivity contribution in [2.24, 2.45) is 5.73 Å². The zero-order valence-corrected chi connectivity index (χ0v) is 7.84. The van der Waals surface area contributed by atoms with E-state index in [1.807, 2.05) is 6.07 Å². The van der Waals surface area contributed by atoms with Crippen LogP contribution in [-0.4, -0.2) is 16.1 Å². The van der Waals surface area contributed by atoms with Crippen LogP contribution in [0.15, 0.2) is 29.0 Å². The second-order valence-corrected chi connectivity index (χ2v) is 3.35. The first-order valence-electron chi connectivity index (χ1n) is 4.46. The van der Waals surface area contributed by atoms with Crippen LogP contribution in [0.4, 0.5) is 0 Å². The van der Waals surface area contributed by atoms with Gasteiger partial charge < -0.3 is 15.3 Å². The molecular formula is C10H12N2O2. The molecule has 0 bridgehead atoms. The molecule has 2 atom stereocenters. The second kappa shape index (κ2) is 3.40. The van der Waals surface area contributed by atoms with E-state index < -0.39 is 6.10 Å². The van der Waals surface area contributed by atoms with Gasteiger partial charge in [-0.2, -0.15) is 0 Å². The normalized spacial score (nSPS) is 15.6. The Bertz CT molecular complexity index is 436. The van der Waals surface area contributed by atoms with E-state index in [-0.39, 0.29) is 6.04 Å². The molecule has 0 fully saturated rings. The van der Waals surface area contributed by atoms with E-state index in [0.29, 0.717) is 11.3 Å². The average molecular weight is 192 g/mol. The molecule has 2 aromatic rings. The van der Waals surface area contributed by atoms with Crippen LogP contribution in [0.3, 0.4) is 0 Å². The molecule has 0 aliphatic heterocycles. The fourth-order valence-electron chi connectivity index (χ4n) is 1.40. The summed E-state index contributed by atoms with van der Waals surface area (Å²) in [4.78, 5) is 4.03. The minimum atomic E-state index is -0.708. The molecule has 4 nitrogen and oxygen atoms in total. The Hall–Kier alpha value is -1.39. The third-order valence-electron chi connectivity index (χ3n) is 2.20. The predicted molar refractivity (Wildman–Crippen MR) is 52.6 cm³/mol. The summed E-state index contributed by atoms with van der Waals surface area (Å²) in [5.74, 6) is 0. The highest BCUT2D eigenvalue weighted by atomic mass is 16.3. The molecule has 2 heterocycles. The molecule has 74 valence electrons. The largest absolute Gasteiger partial charge is 0.446 e. The number of pyridine rings is 1. The lowest BCUT2D eigenvalue weighted by atomic mass is 10.0. The number of hydrogen-bond acceptors (Lipinski definition) is 4. The Morgan fingerprint density at radius 3 is 3.07 bits per heavy atom. The Kier molecular flexibility index (Phi) is 2.23. The molecule has 0 aliphatic rings. The van der Waals surface area contributed by atoms with Gasteiger partial charge in [0.05, 0.1) is 12.4 Å². The summed E-state index contributed by atoms with van der Waals surface area (Å²) in [7, 11) is 0. The first-order valence-corrected chi connectivity index (χ1v) is 4.46. The van der Waals surface area contributed by atoms with Gasteiger partial charge in [-0.05, 0) is 19.1 Å². The second-order valence-electron chi connectivity index (χ2n) is 3.35. The topological polar surface area (TPSA) is 72.3 Å². The van der Waals surface area contributed by atoms with E-state index in [9.17, 15) is 5.11 Å². The summed E-state index contributed by atoms with van der Waals surface area (Å²) in [5.41, 5.74) is 6.83. The summed E-state index contributed by atoms with van der Waals surface area (Å²) in [6.07, 6.45) is 2.44. The van der Waals surface area contributed by atoms with Crippen molar-refractivity contribution in [1.29, 1.82) is 0 Å². The van der Waals surface area contributed by atoms with E-state index >= 15 is 0 Å². The SMILES string of the molecule is CC(N)C(O)c1coc2ncccc12. The third-order valence-corrected chi connectivity index (χ3v) is 2.20. The van der Waals surface area contributed by atoms with Crippen molar-refractivity contribution in [3.8, 4) is 0 Å². The maximum absolute atomic E-state index is 9.77. The van der Waals surface area contributed by atoms with Crippen LogP contribution in [-0.2, 0) is 0 Å². The third kappa shape index (κ3) is 1.38. The van der Waals surface area contributed by atoms with Crippen LogP contribution in [0.5, 0.6) is 0 Å². The standard InChI is InChI=1S/C10H12N2O2/c1-6(11)9(13)8-5-14-10-7(8)3-2-4-12-10/h2-6,9,13H,11H2,1H3. The minimum absolute atomic E-state index is 0.323. The van der Waals surface area contributed by atoms with Crippen LogP contribution in [0.2, 0.25) is 0 Å². The van der Waals surface area contributed by atoms with Gasteiger partial charge in [0.2, 0.25) is 5.71 Å². The lowest BCUT2D eigenvalue weighted by Gasteiger charge is -2.12. The van der Waals surface area contributed by atoms with E-state index in [1.54, 1.807) is 19.2 Å². The fraction of sp³-hybridized carbons (Fsp3) is 0.300. The van der Waals surface area contributed by atoms with E-state index in [1.165, 1.54) is 6.26 Å². The molecule has 2 aromatic heterocycles. The van der Waals surface area contributed by atoms with Gasteiger partial charge >= 0.3 is 0 Å². The first-order chi connectivity index (χ1) is 6.70. The number of nitrogens with zero attached hydrogens (tertiary/aromatic N) is 1. The van der Waals surface area contributed by atoms with Gasteiger partial charge in [-0.25, -0.2) is 4.98 Å². The number of nitrogens with two attached hydrogens (primary N) is 1. The van der Waals surface area contributed by atoms with Gasteiger partial charge in [0.15, 0.2) is 0 Å². The molecule has 4 heteroatoms. The number of fused-ring (bicyclic) bond motifs is 1. The first kappa shape index (κ1) is 9.18. The molecule has 0 aromatic carbocycles. The number of aromatic nitrogens is 1. The van der Waals surface area contributed by atoms with Crippen LogP contribution in [0.25, 0.3) is 11.1 Å².